The van der Waals surface area contributed by atoms with Crippen LogP contribution in [0.15, 0.2) is 142 Å². The van der Waals surface area contributed by atoms with E-state index in [2.05, 4.69) is 166 Å². The van der Waals surface area contributed by atoms with E-state index in [1.165, 1.54) is 33.4 Å². The summed E-state index contributed by atoms with van der Waals surface area (Å²) in [4.78, 5) is 0. The minimum Gasteiger partial charge on any atom is -0.394 e. The van der Waals surface area contributed by atoms with Gasteiger partial charge in [-0.15, -0.1) is 0 Å². The van der Waals surface area contributed by atoms with Crippen molar-refractivity contribution >= 4 is 0 Å². The molecule has 0 amide bonds. The van der Waals surface area contributed by atoms with E-state index in [9.17, 15) is 25.5 Å². The molecular formula is C56H84O7. The molecule has 3 rings (SSSR count). The Bertz CT molecular complexity index is 1850. The van der Waals surface area contributed by atoms with Gasteiger partial charge in [-0.05, 0) is 122 Å². The Hall–Kier alpha value is -3.40. The highest BCUT2D eigenvalue weighted by Crippen LogP contribution is 2.49. The molecule has 63 heavy (non-hydrogen) atoms. The summed E-state index contributed by atoms with van der Waals surface area (Å²) in [6.45, 7) is 26.6. The van der Waals surface area contributed by atoms with Gasteiger partial charge < -0.3 is 35.0 Å². The number of hydrogen-bond acceptors (Lipinski definition) is 7. The van der Waals surface area contributed by atoms with Crippen molar-refractivity contribution in [1.82, 2.24) is 0 Å². The third-order valence-corrected chi connectivity index (χ3v) is 14.0. The Balaban J connectivity index is 1.47. The van der Waals surface area contributed by atoms with Crippen LogP contribution in [-0.4, -0.2) is 76.1 Å². The highest BCUT2D eigenvalue weighted by molar-refractivity contribution is 5.32. The highest BCUT2D eigenvalue weighted by atomic mass is 16.7. The maximum atomic E-state index is 10.3. The van der Waals surface area contributed by atoms with E-state index in [0.717, 1.165) is 49.7 Å². The van der Waals surface area contributed by atoms with Crippen LogP contribution in [0.3, 0.4) is 0 Å². The lowest BCUT2D eigenvalue weighted by atomic mass is 9.60. The van der Waals surface area contributed by atoms with Gasteiger partial charge in [-0.25, -0.2) is 0 Å². The molecule has 1 heterocycles. The fourth-order valence-electron chi connectivity index (χ4n) is 9.27. The number of aliphatic hydroxyl groups is 5. The first-order valence-electron chi connectivity index (χ1n) is 23.3. The van der Waals surface area contributed by atoms with Crippen LogP contribution >= 0.6 is 0 Å². The summed E-state index contributed by atoms with van der Waals surface area (Å²) in [6, 6.07) is 0. The van der Waals surface area contributed by atoms with Crippen LogP contribution in [0, 0.1) is 34.5 Å². The lowest BCUT2D eigenvalue weighted by Crippen LogP contribution is -2.59. The summed E-state index contributed by atoms with van der Waals surface area (Å²) in [5, 5.41) is 49.3. The van der Waals surface area contributed by atoms with Crippen LogP contribution in [0.5, 0.6) is 0 Å². The fraction of sp³-hybridized carbons (Fsp3) is 0.571. The van der Waals surface area contributed by atoms with Crippen molar-refractivity contribution in [3.05, 3.63) is 142 Å². The molecule has 9 unspecified atom stereocenters. The van der Waals surface area contributed by atoms with Gasteiger partial charge in [-0.2, -0.15) is 0 Å². The Morgan fingerprint density at radius 1 is 0.667 bits per heavy atom. The third kappa shape index (κ3) is 16.5. The Labute approximate surface area is 382 Å². The molecule has 0 aromatic rings. The van der Waals surface area contributed by atoms with E-state index >= 15 is 0 Å². The molecular weight excluding hydrogens is 785 g/mol. The number of hydrogen-bond donors (Lipinski definition) is 5. The number of ether oxygens (including phenoxy) is 2. The first kappa shape index (κ1) is 53.9. The first-order chi connectivity index (χ1) is 29.7. The van der Waals surface area contributed by atoms with Gasteiger partial charge in [0.25, 0.3) is 0 Å². The van der Waals surface area contributed by atoms with Gasteiger partial charge in [0.05, 0.1) is 19.8 Å². The van der Waals surface area contributed by atoms with Crippen LogP contribution < -0.4 is 0 Å². The highest BCUT2D eigenvalue weighted by Gasteiger charge is 2.44. The SMILES string of the molecule is CC(C=CC=C(C)C=CC1C(C)=CCC(CC=C(C)CO)C1(C)C)=CC=CC=C(C)C=CC=C(C)CCC1C(C)=CCC(CC=C(C)COC2OC(CO)C(O)C(O)C2O)C1(C)C. The molecule has 2 aliphatic carbocycles. The monoisotopic (exact) mass is 869 g/mol. The molecule has 0 saturated carbocycles. The molecule has 0 spiro atoms. The van der Waals surface area contributed by atoms with Gasteiger partial charge in [0.15, 0.2) is 6.29 Å². The van der Waals surface area contributed by atoms with Crippen LogP contribution in [-0.2, 0) is 9.47 Å². The predicted molar refractivity (Wildman–Crippen MR) is 263 cm³/mol. The van der Waals surface area contributed by atoms with Gasteiger partial charge in [0, 0.05) is 5.92 Å². The summed E-state index contributed by atoms with van der Waals surface area (Å²) in [5.41, 5.74) is 10.2. The molecule has 7 nitrogen and oxygen atoms in total. The second-order valence-electron chi connectivity index (χ2n) is 19.9. The smallest absolute Gasteiger partial charge is 0.187 e. The lowest BCUT2D eigenvalue weighted by Gasteiger charge is -2.45. The molecule has 0 aromatic heterocycles. The largest absolute Gasteiger partial charge is 0.394 e. The second-order valence-corrected chi connectivity index (χ2v) is 19.9. The average molecular weight is 869 g/mol. The summed E-state index contributed by atoms with van der Waals surface area (Å²) in [5.74, 6) is 1.88. The van der Waals surface area contributed by atoms with E-state index < -0.39 is 37.3 Å². The second kappa shape index (κ2) is 25.9. The van der Waals surface area contributed by atoms with Crippen LogP contribution in [0.25, 0.3) is 0 Å². The molecule has 1 aliphatic heterocycles. The average Bonchev–Trinajstić information content (AvgIpc) is 3.22. The summed E-state index contributed by atoms with van der Waals surface area (Å²) >= 11 is 0. The van der Waals surface area contributed by atoms with Crippen LogP contribution in [0.2, 0.25) is 0 Å². The molecule has 1 fully saturated rings. The van der Waals surface area contributed by atoms with Crippen LogP contribution in [0.4, 0.5) is 0 Å². The van der Waals surface area contributed by atoms with Crippen LogP contribution in [0.1, 0.15) is 122 Å². The zero-order chi connectivity index (χ0) is 46.9. The molecule has 7 heteroatoms. The number of aliphatic hydroxyl groups excluding tert-OH is 5. The zero-order valence-corrected chi connectivity index (χ0v) is 40.9. The molecule has 350 valence electrons. The van der Waals surface area contributed by atoms with E-state index in [4.69, 9.17) is 9.47 Å². The fourth-order valence-corrected chi connectivity index (χ4v) is 9.27. The van der Waals surface area contributed by atoms with Crippen molar-refractivity contribution in [3.63, 3.8) is 0 Å². The molecule has 0 radical (unpaired) electrons. The standard InChI is InChI=1S/C56H84O7/c1-38(19-15-21-40(3)25-33-48-44(7)27-31-46(55(48,9)10)29-23-42(5)35-57)17-13-14-18-39(2)20-16-22-41(4)26-34-49-45(8)28-32-47(56(49,11)12)30-24-43(6)37-62-54-53(61)52(60)51(59)50(36-58)63-54/h13-25,27-28,33,46-54,57-61H,26,29-32,34-37H2,1-12H3. The minimum absolute atomic E-state index is 0.110. The minimum atomic E-state index is -1.45. The summed E-state index contributed by atoms with van der Waals surface area (Å²) in [7, 11) is 0. The van der Waals surface area contributed by atoms with Gasteiger partial charge in [-0.1, -0.05) is 169 Å². The van der Waals surface area contributed by atoms with Gasteiger partial charge in [0.1, 0.15) is 24.4 Å². The third-order valence-electron chi connectivity index (χ3n) is 14.0. The topological polar surface area (TPSA) is 120 Å². The number of rotatable bonds is 20. The lowest BCUT2D eigenvalue weighted by molar-refractivity contribution is -0.299. The number of allylic oxidation sites excluding steroid dienone is 22. The quantitative estimate of drug-likeness (QED) is 0.0611. The van der Waals surface area contributed by atoms with Gasteiger partial charge >= 0.3 is 0 Å². The van der Waals surface area contributed by atoms with Gasteiger partial charge in [0.2, 0.25) is 0 Å². The molecule has 5 N–H and O–H groups in total. The Morgan fingerprint density at radius 2 is 1.21 bits per heavy atom. The molecule has 0 bridgehead atoms. The Kier molecular flexibility index (Phi) is 22.2. The molecule has 0 aromatic carbocycles. The maximum Gasteiger partial charge on any atom is 0.187 e. The first-order valence-corrected chi connectivity index (χ1v) is 23.3. The summed E-state index contributed by atoms with van der Waals surface area (Å²) in [6.07, 6.45) is 35.1. The van der Waals surface area contributed by atoms with E-state index in [-0.39, 0.29) is 24.0 Å². The van der Waals surface area contributed by atoms with E-state index in [1.807, 2.05) is 13.8 Å². The van der Waals surface area contributed by atoms with E-state index in [1.54, 1.807) is 0 Å². The van der Waals surface area contributed by atoms with Crippen molar-refractivity contribution in [2.75, 3.05) is 19.8 Å². The van der Waals surface area contributed by atoms with Crippen molar-refractivity contribution in [2.45, 2.75) is 152 Å². The van der Waals surface area contributed by atoms with E-state index in [0.29, 0.717) is 23.7 Å². The molecule has 9 atom stereocenters. The van der Waals surface area contributed by atoms with Crippen molar-refractivity contribution < 1.29 is 35.0 Å². The summed E-state index contributed by atoms with van der Waals surface area (Å²) < 4.78 is 11.3. The predicted octanol–water partition coefficient (Wildman–Crippen LogP) is 11.5. The van der Waals surface area contributed by atoms with Crippen molar-refractivity contribution in [2.24, 2.45) is 34.5 Å². The Morgan fingerprint density at radius 3 is 1.81 bits per heavy atom. The maximum absolute atomic E-state index is 10.3. The molecule has 3 aliphatic rings. The van der Waals surface area contributed by atoms with Crippen molar-refractivity contribution in [1.29, 1.82) is 0 Å². The van der Waals surface area contributed by atoms with Gasteiger partial charge in [-0.3, -0.25) is 0 Å². The normalized spacial score (nSPS) is 30.6. The zero-order valence-electron chi connectivity index (χ0n) is 40.9. The van der Waals surface area contributed by atoms with Crippen molar-refractivity contribution in [3.8, 4) is 0 Å². The molecule has 1 saturated heterocycles.